The van der Waals surface area contributed by atoms with Gasteiger partial charge in [0.25, 0.3) is 0 Å². The zero-order valence-electron chi connectivity index (χ0n) is 9.36. The van der Waals surface area contributed by atoms with Crippen molar-refractivity contribution in [2.45, 2.75) is 0 Å². The fraction of sp³-hybridized carbons (Fsp3) is 0. The molecule has 6 heteroatoms. The molecule has 0 amide bonds. The topological polar surface area (TPSA) is 46.5 Å². The maximum atomic E-state index is 13.5. The van der Waals surface area contributed by atoms with Gasteiger partial charge in [-0.3, -0.25) is 0 Å². The number of rotatable bonds is 3. The van der Waals surface area contributed by atoms with Crippen LogP contribution in [0.2, 0.25) is 0 Å². The second-order valence-electron chi connectivity index (χ2n) is 3.63. The molecule has 0 radical (unpaired) electrons. The predicted molar refractivity (Wildman–Crippen MR) is 59.8 cm³/mol. The van der Waals surface area contributed by atoms with Crippen LogP contribution in [0.5, 0.6) is 11.5 Å². The summed E-state index contributed by atoms with van der Waals surface area (Å²) in [6.45, 7) is 0. The lowest BCUT2D eigenvalue weighted by Gasteiger charge is -2.08. The van der Waals surface area contributed by atoms with E-state index in [1.54, 1.807) is 0 Å². The molecule has 0 fully saturated rings. The zero-order valence-corrected chi connectivity index (χ0v) is 9.36. The van der Waals surface area contributed by atoms with Crippen LogP contribution >= 0.6 is 0 Å². The first-order chi connectivity index (χ1) is 8.97. The highest BCUT2D eigenvalue weighted by Gasteiger charge is 2.12. The fourth-order valence-corrected chi connectivity index (χ4v) is 1.39. The maximum absolute atomic E-state index is 13.5. The number of carboxylic acid groups (broad SMARTS) is 1. The second kappa shape index (κ2) is 5.01. The van der Waals surface area contributed by atoms with Crippen molar-refractivity contribution in [3.05, 3.63) is 59.4 Å². The lowest BCUT2D eigenvalue weighted by Crippen LogP contribution is -1.98. The molecule has 0 saturated carbocycles. The molecule has 2 rings (SSSR count). The van der Waals surface area contributed by atoms with Crippen LogP contribution in [0.3, 0.4) is 0 Å². The van der Waals surface area contributed by atoms with Crippen LogP contribution in [0.1, 0.15) is 10.4 Å². The van der Waals surface area contributed by atoms with Crippen molar-refractivity contribution in [1.29, 1.82) is 0 Å². The van der Waals surface area contributed by atoms with Gasteiger partial charge < -0.3 is 9.84 Å². The fourth-order valence-electron chi connectivity index (χ4n) is 1.39. The largest absolute Gasteiger partial charge is 0.478 e. The van der Waals surface area contributed by atoms with Crippen LogP contribution in [-0.4, -0.2) is 11.1 Å². The molecule has 2 aromatic carbocycles. The minimum absolute atomic E-state index is 0.274. The van der Waals surface area contributed by atoms with Crippen LogP contribution in [0.15, 0.2) is 36.4 Å². The van der Waals surface area contributed by atoms with E-state index in [2.05, 4.69) is 0 Å². The van der Waals surface area contributed by atoms with Crippen LogP contribution < -0.4 is 4.74 Å². The van der Waals surface area contributed by atoms with Gasteiger partial charge in [-0.05, 0) is 30.3 Å². The Morgan fingerprint density at radius 3 is 2.32 bits per heavy atom. The monoisotopic (exact) mass is 268 g/mol. The van der Waals surface area contributed by atoms with Crippen molar-refractivity contribution in [3.8, 4) is 11.5 Å². The second-order valence-corrected chi connectivity index (χ2v) is 3.63. The summed E-state index contributed by atoms with van der Waals surface area (Å²) in [7, 11) is 0. The van der Waals surface area contributed by atoms with Gasteiger partial charge in [-0.15, -0.1) is 0 Å². The van der Waals surface area contributed by atoms with Crippen molar-refractivity contribution in [2.75, 3.05) is 0 Å². The molecule has 3 nitrogen and oxygen atoms in total. The van der Waals surface area contributed by atoms with Gasteiger partial charge >= 0.3 is 5.97 Å². The number of halogens is 3. The number of hydrogen-bond donors (Lipinski definition) is 1. The molecule has 2 aromatic rings. The Balaban J connectivity index is 2.33. The van der Waals surface area contributed by atoms with Crippen LogP contribution in [-0.2, 0) is 0 Å². The van der Waals surface area contributed by atoms with Crippen molar-refractivity contribution >= 4 is 5.97 Å². The minimum Gasteiger partial charge on any atom is -0.478 e. The Bertz CT molecular complexity index is 641. The molecule has 0 bridgehead atoms. The van der Waals surface area contributed by atoms with E-state index in [9.17, 15) is 18.0 Å². The van der Waals surface area contributed by atoms with Crippen LogP contribution in [0.4, 0.5) is 13.2 Å². The van der Waals surface area contributed by atoms with Gasteiger partial charge in [0.15, 0.2) is 23.1 Å². The molecular weight excluding hydrogens is 261 g/mol. The Kier molecular flexibility index (Phi) is 3.41. The summed E-state index contributed by atoms with van der Waals surface area (Å²) in [6.07, 6.45) is 0. The summed E-state index contributed by atoms with van der Waals surface area (Å²) in [5, 5.41) is 8.65. The molecule has 0 aliphatic rings. The van der Waals surface area contributed by atoms with Gasteiger partial charge in [0.1, 0.15) is 5.82 Å². The van der Waals surface area contributed by atoms with E-state index in [1.165, 1.54) is 0 Å². The average Bonchev–Trinajstić information content (AvgIpc) is 2.36. The van der Waals surface area contributed by atoms with Crippen molar-refractivity contribution in [2.24, 2.45) is 0 Å². The predicted octanol–water partition coefficient (Wildman–Crippen LogP) is 3.59. The van der Waals surface area contributed by atoms with E-state index in [-0.39, 0.29) is 5.56 Å². The first kappa shape index (κ1) is 12.9. The number of ether oxygens (including phenoxy) is 1. The third-order valence-electron chi connectivity index (χ3n) is 2.29. The van der Waals surface area contributed by atoms with E-state index < -0.39 is 34.9 Å². The summed E-state index contributed by atoms with van der Waals surface area (Å²) in [5.74, 6) is -4.76. The Morgan fingerprint density at radius 2 is 1.68 bits per heavy atom. The van der Waals surface area contributed by atoms with Crippen LogP contribution in [0.25, 0.3) is 0 Å². The average molecular weight is 268 g/mol. The quantitative estimate of drug-likeness (QED) is 0.925. The lowest BCUT2D eigenvalue weighted by atomic mass is 10.2. The molecule has 0 aromatic heterocycles. The summed E-state index contributed by atoms with van der Waals surface area (Å²) < 4.78 is 44.6. The molecule has 0 saturated heterocycles. The van der Waals surface area contributed by atoms with E-state index in [0.29, 0.717) is 0 Å². The molecule has 98 valence electrons. The smallest absolute Gasteiger partial charge is 0.335 e. The van der Waals surface area contributed by atoms with Gasteiger partial charge in [0.05, 0.1) is 5.56 Å². The Labute approximate surface area is 105 Å². The molecule has 0 unspecified atom stereocenters. The zero-order chi connectivity index (χ0) is 14.0. The van der Waals surface area contributed by atoms with Gasteiger partial charge in [0.2, 0.25) is 0 Å². The van der Waals surface area contributed by atoms with Crippen molar-refractivity contribution < 1.29 is 27.8 Å². The van der Waals surface area contributed by atoms with Crippen LogP contribution in [0, 0.1) is 17.5 Å². The molecule has 0 spiro atoms. The van der Waals surface area contributed by atoms with E-state index >= 15 is 0 Å². The standard InChI is InChI=1S/C13H7F3O3/c14-8-2-3-9(15)12(6-8)19-11-4-1-7(13(17)18)5-10(11)16/h1-6H,(H,17,18). The van der Waals surface area contributed by atoms with Gasteiger partial charge in [-0.25, -0.2) is 18.0 Å². The normalized spacial score (nSPS) is 10.3. The lowest BCUT2D eigenvalue weighted by molar-refractivity contribution is 0.0696. The van der Waals surface area contributed by atoms with Gasteiger partial charge in [0, 0.05) is 6.07 Å². The molecule has 19 heavy (non-hydrogen) atoms. The van der Waals surface area contributed by atoms with E-state index in [4.69, 9.17) is 9.84 Å². The highest BCUT2D eigenvalue weighted by atomic mass is 19.1. The third-order valence-corrected chi connectivity index (χ3v) is 2.29. The van der Waals surface area contributed by atoms with Gasteiger partial charge in [-0.2, -0.15) is 0 Å². The number of benzene rings is 2. The van der Waals surface area contributed by atoms with Crippen molar-refractivity contribution in [1.82, 2.24) is 0 Å². The number of hydrogen-bond acceptors (Lipinski definition) is 2. The summed E-state index contributed by atoms with van der Waals surface area (Å²) in [5.41, 5.74) is -0.274. The summed E-state index contributed by atoms with van der Waals surface area (Å²) in [4.78, 5) is 10.6. The SMILES string of the molecule is O=C(O)c1ccc(Oc2cc(F)ccc2F)c(F)c1. The van der Waals surface area contributed by atoms with Crippen molar-refractivity contribution in [3.63, 3.8) is 0 Å². The highest BCUT2D eigenvalue weighted by molar-refractivity contribution is 5.87. The molecule has 0 aliphatic heterocycles. The van der Waals surface area contributed by atoms with E-state index in [0.717, 1.165) is 36.4 Å². The number of carboxylic acids is 1. The molecule has 0 atom stereocenters. The minimum atomic E-state index is -1.30. The highest BCUT2D eigenvalue weighted by Crippen LogP contribution is 2.27. The summed E-state index contributed by atoms with van der Waals surface area (Å²) in [6, 6.07) is 5.36. The molecule has 1 N–H and O–H groups in total. The van der Waals surface area contributed by atoms with E-state index in [1.807, 2.05) is 0 Å². The number of aromatic carboxylic acids is 1. The first-order valence-corrected chi connectivity index (χ1v) is 5.13. The molecule has 0 aliphatic carbocycles. The Morgan fingerprint density at radius 1 is 0.947 bits per heavy atom. The molecular formula is C13H7F3O3. The Hall–Kier alpha value is -2.50. The molecule has 0 heterocycles. The summed E-state index contributed by atoms with van der Waals surface area (Å²) >= 11 is 0. The maximum Gasteiger partial charge on any atom is 0.335 e. The number of carbonyl (C=O) groups is 1. The third kappa shape index (κ3) is 2.85. The van der Waals surface area contributed by atoms with Gasteiger partial charge in [-0.1, -0.05) is 0 Å². The first-order valence-electron chi connectivity index (χ1n) is 5.13.